The van der Waals surface area contributed by atoms with Crippen molar-refractivity contribution in [1.29, 1.82) is 0 Å². The zero-order valence-electron chi connectivity index (χ0n) is 20.3. The summed E-state index contributed by atoms with van der Waals surface area (Å²) in [5, 5.41) is 1.19. The molecule has 0 aromatic heterocycles. The summed E-state index contributed by atoms with van der Waals surface area (Å²) in [7, 11) is -11.9. The molecule has 0 unspecified atom stereocenters. The topological polar surface area (TPSA) is 119 Å². The van der Waals surface area contributed by atoms with Crippen LogP contribution in [0.4, 0.5) is 0 Å². The van der Waals surface area contributed by atoms with Crippen molar-refractivity contribution >= 4 is 22.8 Å². The fraction of sp³-hybridized carbons (Fsp3) is 1.00. The summed E-state index contributed by atoms with van der Waals surface area (Å²) < 4.78 is 74.9. The highest BCUT2D eigenvalue weighted by molar-refractivity contribution is 7.74. The molecule has 31 heavy (non-hydrogen) atoms. The lowest BCUT2D eigenvalue weighted by Crippen LogP contribution is -2.50. The molecule has 0 aliphatic carbocycles. The fourth-order valence-corrected chi connectivity index (χ4v) is 11.1. The van der Waals surface area contributed by atoms with Crippen LogP contribution < -0.4 is 5.32 Å². The van der Waals surface area contributed by atoms with Crippen LogP contribution in [0.25, 0.3) is 0 Å². The van der Waals surface area contributed by atoms with Crippen molar-refractivity contribution in [3.63, 3.8) is 0 Å². The van der Waals surface area contributed by atoms with Crippen molar-refractivity contribution in [3.05, 3.63) is 0 Å². The van der Waals surface area contributed by atoms with Gasteiger partial charge >= 0.3 is 22.8 Å². The first-order valence-electron chi connectivity index (χ1n) is 10.9. The summed E-state index contributed by atoms with van der Waals surface area (Å²) in [6, 6.07) is -0.318. The maximum Gasteiger partial charge on any atom is 0.362 e. The molecular weight excluding hydrogens is 467 g/mol. The van der Waals surface area contributed by atoms with Crippen molar-refractivity contribution in [1.82, 2.24) is 5.32 Å². The van der Waals surface area contributed by atoms with Crippen molar-refractivity contribution in [2.24, 2.45) is 0 Å². The number of nitrogens with one attached hydrogen (secondary N) is 1. The Morgan fingerprint density at radius 1 is 0.645 bits per heavy atom. The summed E-state index contributed by atoms with van der Waals surface area (Å²) in [5.74, 6) is 0. The van der Waals surface area contributed by atoms with Crippen molar-refractivity contribution in [2.75, 3.05) is 45.8 Å². The van der Waals surface area contributed by atoms with E-state index in [0.29, 0.717) is 0 Å². The Morgan fingerprint density at radius 2 is 0.968 bits per heavy atom. The van der Waals surface area contributed by atoms with E-state index in [0.717, 1.165) is 0 Å². The Hall–Kier alpha value is 0.410. The minimum absolute atomic E-state index is 0.0334. The van der Waals surface area contributed by atoms with Gasteiger partial charge in [-0.2, -0.15) is 0 Å². The van der Waals surface area contributed by atoms with E-state index >= 15 is 0 Å². The molecule has 0 aromatic rings. The third-order valence-corrected chi connectivity index (χ3v) is 12.5. The predicted molar refractivity (Wildman–Crippen MR) is 123 cm³/mol. The third kappa shape index (κ3) is 8.29. The molecule has 1 N–H and O–H groups in total. The molecule has 0 amide bonds. The first kappa shape index (κ1) is 31.4. The summed E-state index contributed by atoms with van der Waals surface area (Å²) in [5.41, 5.74) is 0. The first-order valence-corrected chi connectivity index (χ1v) is 15.7. The van der Waals surface area contributed by atoms with E-state index in [-0.39, 0.29) is 58.3 Å². The van der Waals surface area contributed by atoms with Gasteiger partial charge in [0.2, 0.25) is 5.02 Å². The van der Waals surface area contributed by atoms with Crippen LogP contribution in [0.15, 0.2) is 0 Å². The van der Waals surface area contributed by atoms with Crippen molar-refractivity contribution < 1.29 is 40.8 Å². The highest BCUT2D eigenvalue weighted by atomic mass is 31.2. The van der Waals surface area contributed by atoms with Crippen LogP contribution in [0.1, 0.15) is 61.8 Å². The fourth-order valence-electron chi connectivity index (χ4n) is 3.15. The van der Waals surface area contributed by atoms with Gasteiger partial charge in [-0.05, 0) is 55.4 Å². The molecule has 0 radical (unpaired) electrons. The van der Waals surface area contributed by atoms with Crippen LogP contribution in [0.5, 0.6) is 0 Å². The Kier molecular flexibility index (Phi) is 14.8. The SMILES string of the molecule is CCOP(=O)(CCC(NC(C)C)(P(=O)(OCC)OCC)P(=O)(OCC)OCC)OCC. The average molecular weight is 509 g/mol. The van der Waals surface area contributed by atoms with Gasteiger partial charge in [0, 0.05) is 12.5 Å². The smallest absolute Gasteiger partial charge is 0.309 e. The minimum Gasteiger partial charge on any atom is -0.309 e. The van der Waals surface area contributed by atoms with Gasteiger partial charge in [-0.25, -0.2) is 0 Å². The molecule has 0 saturated heterocycles. The number of hydrogen-bond donors (Lipinski definition) is 1. The van der Waals surface area contributed by atoms with Gasteiger partial charge in [-0.3, -0.25) is 19.0 Å². The molecular formula is C18H42NO9P3. The van der Waals surface area contributed by atoms with E-state index in [4.69, 9.17) is 27.1 Å². The van der Waals surface area contributed by atoms with Crippen LogP contribution >= 0.6 is 22.8 Å². The van der Waals surface area contributed by atoms with E-state index in [2.05, 4.69) is 5.32 Å². The van der Waals surface area contributed by atoms with Gasteiger partial charge in [0.05, 0.1) is 45.8 Å². The van der Waals surface area contributed by atoms with Crippen LogP contribution in [-0.4, -0.2) is 56.9 Å². The molecule has 0 aromatic carbocycles. The molecule has 0 atom stereocenters. The minimum atomic E-state index is -4.18. The molecule has 0 bridgehead atoms. The molecule has 0 aliphatic rings. The Bertz CT molecular complexity index is 585. The molecule has 0 spiro atoms. The van der Waals surface area contributed by atoms with Crippen LogP contribution in [0, 0.1) is 0 Å². The lowest BCUT2D eigenvalue weighted by molar-refractivity contribution is 0.162. The quantitative estimate of drug-likeness (QED) is 0.213. The van der Waals surface area contributed by atoms with Gasteiger partial charge in [0.1, 0.15) is 0 Å². The molecule has 188 valence electrons. The zero-order valence-corrected chi connectivity index (χ0v) is 22.9. The van der Waals surface area contributed by atoms with E-state index in [1.807, 2.05) is 0 Å². The first-order chi connectivity index (χ1) is 14.5. The highest BCUT2D eigenvalue weighted by Crippen LogP contribution is 2.78. The van der Waals surface area contributed by atoms with Gasteiger partial charge in [-0.15, -0.1) is 0 Å². The van der Waals surface area contributed by atoms with E-state index in [1.54, 1.807) is 55.4 Å². The third-order valence-electron chi connectivity index (χ3n) is 4.01. The molecule has 0 fully saturated rings. The molecule has 10 nitrogen and oxygen atoms in total. The summed E-state index contributed by atoms with van der Waals surface area (Å²) in [4.78, 5) is 0. The Balaban J connectivity index is 6.84. The van der Waals surface area contributed by atoms with E-state index in [9.17, 15) is 13.7 Å². The standard InChI is InChI=1S/C18H42NO9P3/c1-9-23-29(20,24-10-2)16-15-18(19-17(7)8,30(21,25-11-3)26-12-4)31(22,27-13-5)28-14-6/h17,19H,9-16H2,1-8H3. The van der Waals surface area contributed by atoms with Crippen LogP contribution in [-0.2, 0) is 40.8 Å². The maximum atomic E-state index is 14.2. The van der Waals surface area contributed by atoms with Gasteiger partial charge in [-0.1, -0.05) is 0 Å². The maximum absolute atomic E-state index is 14.2. The van der Waals surface area contributed by atoms with Crippen LogP contribution in [0.2, 0.25) is 0 Å². The van der Waals surface area contributed by atoms with Crippen molar-refractivity contribution in [3.8, 4) is 0 Å². The largest absolute Gasteiger partial charge is 0.362 e. The van der Waals surface area contributed by atoms with Crippen molar-refractivity contribution in [2.45, 2.75) is 72.9 Å². The Labute approximate surface area is 188 Å². The average Bonchev–Trinajstić information content (AvgIpc) is 2.66. The molecule has 13 heteroatoms. The second-order valence-electron chi connectivity index (χ2n) is 6.70. The van der Waals surface area contributed by atoms with Gasteiger partial charge in [0.15, 0.2) is 0 Å². The van der Waals surface area contributed by atoms with E-state index in [1.165, 1.54) is 0 Å². The normalized spacial score (nSPS) is 13.8. The molecule has 0 aliphatic heterocycles. The predicted octanol–water partition coefficient (Wildman–Crippen LogP) is 5.83. The second kappa shape index (κ2) is 14.6. The van der Waals surface area contributed by atoms with Gasteiger partial charge < -0.3 is 27.1 Å². The number of rotatable bonds is 19. The molecule has 0 saturated carbocycles. The second-order valence-corrected chi connectivity index (χ2v) is 13.8. The summed E-state index contributed by atoms with van der Waals surface area (Å²) >= 11 is 0. The number of hydrogen-bond acceptors (Lipinski definition) is 10. The molecule has 0 heterocycles. The summed E-state index contributed by atoms with van der Waals surface area (Å²) in [6.07, 6.45) is -0.403. The highest BCUT2D eigenvalue weighted by Gasteiger charge is 2.65. The lowest BCUT2D eigenvalue weighted by atomic mass is 10.3. The van der Waals surface area contributed by atoms with E-state index < -0.39 is 27.8 Å². The molecule has 0 rings (SSSR count). The summed E-state index contributed by atoms with van der Waals surface area (Å²) in [6.45, 7) is 14.1. The monoisotopic (exact) mass is 509 g/mol. The van der Waals surface area contributed by atoms with Crippen LogP contribution in [0.3, 0.4) is 0 Å². The lowest BCUT2D eigenvalue weighted by Gasteiger charge is -2.44. The Morgan fingerprint density at radius 3 is 1.23 bits per heavy atom. The van der Waals surface area contributed by atoms with Gasteiger partial charge in [0.25, 0.3) is 0 Å². The zero-order chi connectivity index (χ0) is 24.2.